The number of benzene rings is 1. The molecule has 1 aliphatic heterocycles. The van der Waals surface area contributed by atoms with E-state index in [1.54, 1.807) is 0 Å². The number of para-hydroxylation sites is 1. The first-order chi connectivity index (χ1) is 14.4. The van der Waals surface area contributed by atoms with Crippen LogP contribution >= 0.6 is 0 Å². The number of fused-ring (bicyclic) bond motifs is 3. The van der Waals surface area contributed by atoms with Gasteiger partial charge in [-0.15, -0.1) is 0 Å². The quantitative estimate of drug-likeness (QED) is 0.411. The zero-order valence-electron chi connectivity index (χ0n) is 17.3. The van der Waals surface area contributed by atoms with Gasteiger partial charge in [0.05, 0.1) is 22.6 Å². The Kier molecular flexibility index (Phi) is 9.21. The third-order valence-corrected chi connectivity index (χ3v) is 5.25. The van der Waals surface area contributed by atoms with E-state index in [0.29, 0.717) is 0 Å². The zero-order valence-corrected chi connectivity index (χ0v) is 18.4. The first-order valence-electron chi connectivity index (χ1n) is 10.5. The smallest absolute Gasteiger partial charge is 0.310 e. The minimum Gasteiger partial charge on any atom is -0.310 e. The van der Waals surface area contributed by atoms with Crippen LogP contribution < -0.4 is 16.0 Å². The summed E-state index contributed by atoms with van der Waals surface area (Å²) in [6, 6.07) is 18.8. The van der Waals surface area contributed by atoms with E-state index in [4.69, 9.17) is 4.98 Å². The van der Waals surface area contributed by atoms with Crippen molar-refractivity contribution >= 4 is 10.9 Å². The number of pyridine rings is 2. The van der Waals surface area contributed by atoms with Gasteiger partial charge in [-0.05, 0) is 24.3 Å². The molecule has 6 nitrogen and oxygen atoms in total. The Hall–Kier alpha value is -1.86. The molecule has 0 aliphatic carbocycles. The van der Waals surface area contributed by atoms with Gasteiger partial charge in [0.25, 0.3) is 0 Å². The van der Waals surface area contributed by atoms with Crippen LogP contribution in [0.15, 0.2) is 54.6 Å². The topological polar surface area (TPSA) is 65.1 Å². The Balaban J connectivity index is 0.00000256. The van der Waals surface area contributed by atoms with Gasteiger partial charge in [0.1, 0.15) is 0 Å². The fraction of sp³-hybridized carbons (Fsp3) is 0.391. The third-order valence-electron chi connectivity index (χ3n) is 5.25. The molecule has 158 valence electrons. The van der Waals surface area contributed by atoms with E-state index in [2.05, 4.69) is 74.4 Å². The standard InChI is InChI=1S/C23H30N6.Fe/c1-2-7-23-19(4-1)8-9-22(28-23)18-26-12-15-29-13-10-24-16-20-5-3-6-21(27-20)17-25-11-14-29;/h1-9,24-26H,10-18H2;/q;+2. The van der Waals surface area contributed by atoms with Gasteiger partial charge >= 0.3 is 17.1 Å². The molecule has 2 bridgehead atoms. The van der Waals surface area contributed by atoms with Gasteiger partial charge in [-0.2, -0.15) is 0 Å². The van der Waals surface area contributed by atoms with Crippen LogP contribution in [0.5, 0.6) is 0 Å². The second kappa shape index (κ2) is 12.1. The van der Waals surface area contributed by atoms with Crippen LogP contribution in [0.25, 0.3) is 10.9 Å². The summed E-state index contributed by atoms with van der Waals surface area (Å²) in [5, 5.41) is 11.8. The zero-order chi connectivity index (χ0) is 19.7. The molecule has 0 saturated carbocycles. The monoisotopic (exact) mass is 446 g/mol. The van der Waals surface area contributed by atoms with Crippen molar-refractivity contribution in [1.29, 1.82) is 0 Å². The summed E-state index contributed by atoms with van der Waals surface area (Å²) < 4.78 is 0. The van der Waals surface area contributed by atoms with Crippen LogP contribution in [0.4, 0.5) is 0 Å². The maximum Gasteiger partial charge on any atom is 2.00 e. The Morgan fingerprint density at radius 3 is 2.33 bits per heavy atom. The maximum absolute atomic E-state index is 4.74. The van der Waals surface area contributed by atoms with E-state index < -0.39 is 0 Å². The van der Waals surface area contributed by atoms with E-state index >= 15 is 0 Å². The summed E-state index contributed by atoms with van der Waals surface area (Å²) in [6.07, 6.45) is 0. The Morgan fingerprint density at radius 2 is 1.57 bits per heavy atom. The van der Waals surface area contributed by atoms with Gasteiger partial charge in [0.15, 0.2) is 0 Å². The molecule has 0 spiro atoms. The molecule has 3 N–H and O–H groups in total. The van der Waals surface area contributed by atoms with Gasteiger partial charge in [-0.25, -0.2) is 0 Å². The molecule has 1 aliphatic rings. The van der Waals surface area contributed by atoms with Crippen molar-refractivity contribution in [2.24, 2.45) is 0 Å². The Bertz CT molecular complexity index is 892. The molecule has 3 aromatic rings. The van der Waals surface area contributed by atoms with Crippen molar-refractivity contribution in [3.05, 3.63) is 71.7 Å². The second-order valence-electron chi connectivity index (χ2n) is 7.49. The summed E-state index contributed by atoms with van der Waals surface area (Å²) in [4.78, 5) is 11.9. The number of hydrogen-bond donors (Lipinski definition) is 3. The fourth-order valence-electron chi connectivity index (χ4n) is 3.63. The number of hydrogen-bond acceptors (Lipinski definition) is 6. The van der Waals surface area contributed by atoms with Crippen molar-refractivity contribution in [3.8, 4) is 0 Å². The molecule has 0 fully saturated rings. The molecular formula is C23H30FeN6+2. The van der Waals surface area contributed by atoms with Crippen molar-refractivity contribution in [2.75, 3.05) is 39.3 Å². The summed E-state index contributed by atoms with van der Waals surface area (Å²) in [7, 11) is 0. The molecule has 0 radical (unpaired) electrons. The molecule has 0 amide bonds. The molecular weight excluding hydrogens is 416 g/mol. The molecule has 30 heavy (non-hydrogen) atoms. The Morgan fingerprint density at radius 1 is 0.833 bits per heavy atom. The largest absolute Gasteiger partial charge is 2.00 e. The molecule has 2 aromatic heterocycles. The average molecular weight is 446 g/mol. The summed E-state index contributed by atoms with van der Waals surface area (Å²) >= 11 is 0. The SMILES string of the molecule is [Fe+2].c1cc2nc(c1)CNCCN(CCNCc1ccc3ccccc3n1)CCNC2. The molecule has 0 atom stereocenters. The van der Waals surface area contributed by atoms with Gasteiger partial charge < -0.3 is 16.0 Å². The van der Waals surface area contributed by atoms with E-state index in [1.807, 2.05) is 6.07 Å². The number of nitrogens with one attached hydrogen (secondary N) is 3. The number of nitrogens with zero attached hydrogens (tertiary/aromatic N) is 3. The van der Waals surface area contributed by atoms with E-state index in [-0.39, 0.29) is 17.1 Å². The van der Waals surface area contributed by atoms with Gasteiger partial charge in [0, 0.05) is 64.3 Å². The van der Waals surface area contributed by atoms with Crippen LogP contribution in [0.2, 0.25) is 0 Å². The van der Waals surface area contributed by atoms with Crippen LogP contribution in [0.1, 0.15) is 17.1 Å². The van der Waals surface area contributed by atoms with Gasteiger partial charge in [0.2, 0.25) is 0 Å². The average Bonchev–Trinajstić information content (AvgIpc) is 2.76. The van der Waals surface area contributed by atoms with Crippen LogP contribution in [0, 0.1) is 0 Å². The predicted octanol–water partition coefficient (Wildman–Crippen LogP) is 1.91. The predicted molar refractivity (Wildman–Crippen MR) is 118 cm³/mol. The van der Waals surface area contributed by atoms with Crippen LogP contribution in [-0.2, 0) is 36.7 Å². The van der Waals surface area contributed by atoms with E-state index in [9.17, 15) is 0 Å². The molecule has 1 aromatic carbocycles. The summed E-state index contributed by atoms with van der Waals surface area (Å²) in [5.41, 5.74) is 4.38. The van der Waals surface area contributed by atoms with E-state index in [1.165, 1.54) is 5.39 Å². The third kappa shape index (κ3) is 6.84. The fourth-order valence-corrected chi connectivity index (χ4v) is 3.63. The minimum absolute atomic E-state index is 0. The Labute approximate surface area is 189 Å². The number of rotatable bonds is 5. The van der Waals surface area contributed by atoms with Gasteiger partial charge in [-0.3, -0.25) is 14.9 Å². The first kappa shape index (κ1) is 22.8. The molecule has 4 rings (SSSR count). The molecule has 0 saturated heterocycles. The van der Waals surface area contributed by atoms with Crippen molar-refractivity contribution < 1.29 is 17.1 Å². The maximum atomic E-state index is 4.74. The second-order valence-corrected chi connectivity index (χ2v) is 7.49. The molecule has 7 heteroatoms. The molecule has 3 heterocycles. The molecule has 0 unspecified atom stereocenters. The number of aromatic nitrogens is 2. The van der Waals surface area contributed by atoms with E-state index in [0.717, 1.165) is 81.5 Å². The summed E-state index contributed by atoms with van der Waals surface area (Å²) in [5.74, 6) is 0. The normalized spacial score (nSPS) is 15.7. The van der Waals surface area contributed by atoms with Crippen molar-refractivity contribution in [2.45, 2.75) is 19.6 Å². The van der Waals surface area contributed by atoms with Crippen molar-refractivity contribution in [1.82, 2.24) is 30.8 Å². The van der Waals surface area contributed by atoms with Gasteiger partial charge in [-0.1, -0.05) is 30.3 Å². The van der Waals surface area contributed by atoms with Crippen LogP contribution in [0.3, 0.4) is 0 Å². The van der Waals surface area contributed by atoms with Crippen LogP contribution in [-0.4, -0.2) is 54.1 Å². The summed E-state index contributed by atoms with van der Waals surface area (Å²) in [6.45, 7) is 8.46. The first-order valence-corrected chi connectivity index (χ1v) is 10.5. The minimum atomic E-state index is 0. The van der Waals surface area contributed by atoms with Crippen molar-refractivity contribution in [3.63, 3.8) is 0 Å².